The van der Waals surface area contributed by atoms with Crippen LogP contribution in [0.3, 0.4) is 0 Å². The van der Waals surface area contributed by atoms with E-state index in [-0.39, 0.29) is 17.9 Å². The first kappa shape index (κ1) is 15.6. The highest BCUT2D eigenvalue weighted by molar-refractivity contribution is 5.77. The predicted molar refractivity (Wildman–Crippen MR) is 80.1 cm³/mol. The first-order valence-electron chi connectivity index (χ1n) is 7.06. The van der Waals surface area contributed by atoms with Crippen molar-refractivity contribution in [3.05, 3.63) is 23.3 Å². The van der Waals surface area contributed by atoms with E-state index in [4.69, 9.17) is 14.2 Å². The lowest BCUT2D eigenvalue weighted by atomic mass is 9.89. The number of hydrogen-bond donors (Lipinski definition) is 0. The Morgan fingerprint density at radius 2 is 1.81 bits per heavy atom. The molecular weight excluding hydrogens is 270 g/mol. The molecule has 1 aliphatic rings. The van der Waals surface area contributed by atoms with Gasteiger partial charge >= 0.3 is 5.97 Å². The van der Waals surface area contributed by atoms with Gasteiger partial charge in [0.05, 0.1) is 21.3 Å². The number of rotatable bonds is 3. The molecule has 1 aromatic rings. The van der Waals surface area contributed by atoms with Crippen molar-refractivity contribution in [3.8, 4) is 11.5 Å². The van der Waals surface area contributed by atoms with E-state index in [9.17, 15) is 4.79 Å². The maximum Gasteiger partial charge on any atom is 0.323 e. The Balaban J connectivity index is 2.50. The molecule has 5 nitrogen and oxygen atoms in total. The quantitative estimate of drug-likeness (QED) is 0.796. The van der Waals surface area contributed by atoms with E-state index in [0.717, 1.165) is 24.3 Å². The van der Waals surface area contributed by atoms with Crippen molar-refractivity contribution in [1.82, 2.24) is 4.90 Å². The van der Waals surface area contributed by atoms with Crippen LogP contribution in [0.4, 0.5) is 0 Å². The molecule has 0 bridgehead atoms. The SMILES string of the molecule is COC(=O)[C@H]1[C@H](C)c2cc(OC)c(OC)cc2CCN1C. The maximum absolute atomic E-state index is 12.1. The summed E-state index contributed by atoms with van der Waals surface area (Å²) in [6.07, 6.45) is 0.865. The van der Waals surface area contributed by atoms with Gasteiger partial charge in [0.15, 0.2) is 11.5 Å². The van der Waals surface area contributed by atoms with Crippen LogP contribution in [0.5, 0.6) is 11.5 Å². The van der Waals surface area contributed by atoms with Gasteiger partial charge in [-0.3, -0.25) is 9.69 Å². The molecule has 0 fully saturated rings. The number of nitrogens with zero attached hydrogens (tertiary/aromatic N) is 1. The third kappa shape index (κ3) is 2.83. The molecule has 2 atom stereocenters. The summed E-state index contributed by atoms with van der Waals surface area (Å²) >= 11 is 0. The minimum absolute atomic E-state index is 0.0276. The van der Waals surface area contributed by atoms with Gasteiger partial charge < -0.3 is 14.2 Å². The van der Waals surface area contributed by atoms with Crippen molar-refractivity contribution >= 4 is 5.97 Å². The van der Waals surface area contributed by atoms with Crippen LogP contribution < -0.4 is 9.47 Å². The molecule has 0 saturated heterocycles. The second-order valence-electron chi connectivity index (χ2n) is 5.39. The van der Waals surface area contributed by atoms with Gasteiger partial charge in [-0.15, -0.1) is 0 Å². The predicted octanol–water partition coefficient (Wildman–Crippen LogP) is 1.84. The highest BCUT2D eigenvalue weighted by Gasteiger charge is 2.35. The topological polar surface area (TPSA) is 48.0 Å². The molecule has 0 aromatic heterocycles. The van der Waals surface area contributed by atoms with Crippen molar-refractivity contribution < 1.29 is 19.0 Å². The fourth-order valence-electron chi connectivity index (χ4n) is 3.07. The average Bonchev–Trinajstić information content (AvgIpc) is 2.62. The van der Waals surface area contributed by atoms with E-state index in [1.807, 2.05) is 26.1 Å². The number of benzene rings is 1. The summed E-state index contributed by atoms with van der Waals surface area (Å²) in [7, 11) is 6.64. The monoisotopic (exact) mass is 293 g/mol. The van der Waals surface area contributed by atoms with Crippen LogP contribution in [0.25, 0.3) is 0 Å². The minimum atomic E-state index is -0.283. The maximum atomic E-state index is 12.1. The number of likely N-dealkylation sites (N-methyl/N-ethyl adjacent to an activating group) is 1. The highest BCUT2D eigenvalue weighted by atomic mass is 16.5. The van der Waals surface area contributed by atoms with Gasteiger partial charge in [0.25, 0.3) is 0 Å². The number of ether oxygens (including phenoxy) is 3. The minimum Gasteiger partial charge on any atom is -0.493 e. The highest BCUT2D eigenvalue weighted by Crippen LogP contribution is 2.37. The molecule has 21 heavy (non-hydrogen) atoms. The molecule has 0 saturated carbocycles. The lowest BCUT2D eigenvalue weighted by molar-refractivity contribution is -0.147. The van der Waals surface area contributed by atoms with Gasteiger partial charge in [-0.2, -0.15) is 0 Å². The third-order valence-corrected chi connectivity index (χ3v) is 4.26. The summed E-state index contributed by atoms with van der Waals surface area (Å²) in [6, 6.07) is 3.71. The third-order valence-electron chi connectivity index (χ3n) is 4.26. The first-order valence-corrected chi connectivity index (χ1v) is 7.06. The van der Waals surface area contributed by atoms with Gasteiger partial charge in [-0.25, -0.2) is 0 Å². The van der Waals surface area contributed by atoms with E-state index in [0.29, 0.717) is 5.75 Å². The molecule has 1 aromatic carbocycles. The largest absolute Gasteiger partial charge is 0.493 e. The van der Waals surface area contributed by atoms with Gasteiger partial charge in [0, 0.05) is 12.5 Å². The van der Waals surface area contributed by atoms with Gasteiger partial charge in [-0.1, -0.05) is 6.92 Å². The van der Waals surface area contributed by atoms with Crippen molar-refractivity contribution in [2.24, 2.45) is 0 Å². The lowest BCUT2D eigenvalue weighted by Gasteiger charge is -2.28. The van der Waals surface area contributed by atoms with Crippen molar-refractivity contribution in [2.75, 3.05) is 34.9 Å². The molecule has 0 radical (unpaired) electrons. The second kappa shape index (κ2) is 6.35. The number of methoxy groups -OCH3 is 3. The summed E-state index contributed by atoms with van der Waals surface area (Å²) in [6.45, 7) is 2.85. The number of hydrogen-bond acceptors (Lipinski definition) is 5. The molecule has 1 heterocycles. The Morgan fingerprint density at radius 3 is 2.38 bits per heavy atom. The van der Waals surface area contributed by atoms with Gasteiger partial charge in [-0.05, 0) is 36.7 Å². The second-order valence-corrected chi connectivity index (χ2v) is 5.39. The van der Waals surface area contributed by atoms with Crippen LogP contribution >= 0.6 is 0 Å². The smallest absolute Gasteiger partial charge is 0.323 e. The summed E-state index contributed by atoms with van der Waals surface area (Å²) in [5, 5.41) is 0. The summed E-state index contributed by atoms with van der Waals surface area (Å²) in [5.74, 6) is 1.24. The van der Waals surface area contributed by atoms with E-state index < -0.39 is 0 Å². The van der Waals surface area contributed by atoms with Crippen molar-refractivity contribution in [1.29, 1.82) is 0 Å². The molecule has 0 N–H and O–H groups in total. The fraction of sp³-hybridized carbons (Fsp3) is 0.562. The van der Waals surface area contributed by atoms with Crippen LogP contribution in [-0.2, 0) is 16.0 Å². The van der Waals surface area contributed by atoms with Crippen LogP contribution in [0.1, 0.15) is 24.0 Å². The van der Waals surface area contributed by atoms with E-state index in [1.165, 1.54) is 12.7 Å². The van der Waals surface area contributed by atoms with Crippen LogP contribution in [-0.4, -0.2) is 51.8 Å². The average molecular weight is 293 g/mol. The van der Waals surface area contributed by atoms with Crippen LogP contribution in [0.15, 0.2) is 12.1 Å². The standard InChI is InChI=1S/C16H23NO4/c1-10-12-9-14(20-4)13(19-3)8-11(12)6-7-17(2)15(10)16(18)21-5/h8-10,15H,6-7H2,1-5H3/t10-,15-/m1/s1. The molecule has 0 aliphatic carbocycles. The zero-order chi connectivity index (χ0) is 15.6. The molecule has 5 heteroatoms. The lowest BCUT2D eigenvalue weighted by Crippen LogP contribution is -2.42. The Labute approximate surface area is 125 Å². The van der Waals surface area contributed by atoms with E-state index in [2.05, 4.69) is 4.90 Å². The molecule has 116 valence electrons. The van der Waals surface area contributed by atoms with Crippen LogP contribution in [0, 0.1) is 0 Å². The van der Waals surface area contributed by atoms with E-state index in [1.54, 1.807) is 14.2 Å². The fourth-order valence-corrected chi connectivity index (χ4v) is 3.07. The number of esters is 1. The van der Waals surface area contributed by atoms with E-state index >= 15 is 0 Å². The van der Waals surface area contributed by atoms with Gasteiger partial charge in [0.2, 0.25) is 0 Å². The molecule has 0 unspecified atom stereocenters. The Morgan fingerprint density at radius 1 is 1.19 bits per heavy atom. The zero-order valence-corrected chi connectivity index (χ0v) is 13.3. The molecular formula is C16H23NO4. The summed E-state index contributed by atoms with van der Waals surface area (Å²) in [5.41, 5.74) is 2.31. The normalized spacial score (nSPS) is 22.1. The molecule has 1 aliphatic heterocycles. The Hall–Kier alpha value is -1.75. The number of carbonyl (C=O) groups is 1. The number of fused-ring (bicyclic) bond motifs is 1. The molecule has 0 amide bonds. The first-order chi connectivity index (χ1) is 10.0. The van der Waals surface area contributed by atoms with Crippen LogP contribution in [0.2, 0.25) is 0 Å². The van der Waals surface area contributed by atoms with Crippen molar-refractivity contribution in [3.63, 3.8) is 0 Å². The van der Waals surface area contributed by atoms with Gasteiger partial charge in [0.1, 0.15) is 6.04 Å². The molecule has 0 spiro atoms. The summed E-state index contributed by atoms with van der Waals surface area (Å²) in [4.78, 5) is 14.2. The Kier molecular flexibility index (Phi) is 4.73. The molecule has 2 rings (SSSR count). The van der Waals surface area contributed by atoms with Crippen molar-refractivity contribution in [2.45, 2.75) is 25.3 Å². The summed E-state index contributed by atoms with van der Waals surface area (Å²) < 4.78 is 15.7. The zero-order valence-electron chi connectivity index (χ0n) is 13.3. The number of carbonyl (C=O) groups excluding carboxylic acids is 1. The Bertz CT molecular complexity index is 529.